The van der Waals surface area contributed by atoms with E-state index >= 15 is 0 Å². The van der Waals surface area contributed by atoms with Gasteiger partial charge in [-0.3, -0.25) is 4.79 Å². The summed E-state index contributed by atoms with van der Waals surface area (Å²) in [5, 5.41) is 19.2. The van der Waals surface area contributed by atoms with Crippen molar-refractivity contribution in [2.24, 2.45) is 10.8 Å². The van der Waals surface area contributed by atoms with E-state index in [9.17, 15) is 14.7 Å². The smallest absolute Gasteiger partial charge is 0.569 e. The SMILES string of the molecule is CC(C)(C)C(=O)O.CC(C)(C)C(=O)[O-].O=[N+]=O.[Co].[NH2-].[NH2-].[NH2-].[NH2-].[NH2-]. The molecule has 0 saturated heterocycles. The fourth-order valence-corrected chi connectivity index (χ4v) is 0. The third-order valence-electron chi connectivity index (χ3n) is 1.25. The standard InChI is InChI=1S/2C5H10O2.Co.NO2.5H2N/c2*1-5(2,3)4(6)7;;2-1-3;;;;;/h2*1-3H3,(H,6,7);;;5*1H2/q;;;+1;5*-1/p-1. The van der Waals surface area contributed by atoms with Crippen molar-refractivity contribution in [2.75, 3.05) is 0 Å². The van der Waals surface area contributed by atoms with Crippen LogP contribution < -0.4 is 10.1 Å². The van der Waals surface area contributed by atoms with Crippen LogP contribution in [0.3, 0.4) is 0 Å². The molecule has 0 aliphatic heterocycles. The monoisotopic (exact) mass is 388 g/mol. The van der Waals surface area contributed by atoms with E-state index in [0.29, 0.717) is 0 Å². The summed E-state index contributed by atoms with van der Waals surface area (Å²) in [6.07, 6.45) is 0. The average Bonchev–Trinajstić information content (AvgIpc) is 2.02. The number of carbonyl (C=O) groups excluding carboxylic acids is 1. The van der Waals surface area contributed by atoms with Crippen LogP contribution in [0.1, 0.15) is 41.5 Å². The Morgan fingerprint density at radius 2 is 0.870 bits per heavy atom. The molecule has 149 valence electrons. The molecule has 0 bridgehead atoms. The third kappa shape index (κ3) is 63.5. The van der Waals surface area contributed by atoms with Crippen molar-refractivity contribution in [1.82, 2.24) is 5.04 Å². The molecule has 0 aliphatic carbocycles. The largest absolute Gasteiger partial charge is 0.693 e. The summed E-state index contributed by atoms with van der Waals surface area (Å²) >= 11 is 0. The second-order valence-corrected chi connectivity index (χ2v) is 5.17. The molecule has 12 nitrogen and oxygen atoms in total. The van der Waals surface area contributed by atoms with E-state index in [1.165, 1.54) is 0 Å². The van der Waals surface area contributed by atoms with Gasteiger partial charge < -0.3 is 45.8 Å². The molecule has 23 heavy (non-hydrogen) atoms. The number of carboxylic acids is 2. The first-order valence-corrected chi connectivity index (χ1v) is 4.70. The van der Waals surface area contributed by atoms with Crippen molar-refractivity contribution in [2.45, 2.75) is 41.5 Å². The van der Waals surface area contributed by atoms with E-state index in [0.717, 1.165) is 5.04 Å². The normalized spacial score (nSPS) is 7.22. The number of hydrogen-bond donors (Lipinski definition) is 1. The van der Waals surface area contributed by atoms with Crippen LogP contribution in [0.5, 0.6) is 0 Å². The van der Waals surface area contributed by atoms with E-state index in [1.54, 1.807) is 41.5 Å². The summed E-state index contributed by atoms with van der Waals surface area (Å²) in [7, 11) is 0. The Kier molecular flexibility index (Phi) is 64.1. The fraction of sp³-hybridized carbons (Fsp3) is 0.800. The number of rotatable bonds is 0. The minimum Gasteiger partial charge on any atom is -0.693 e. The van der Waals surface area contributed by atoms with Gasteiger partial charge in [-0.1, -0.05) is 20.8 Å². The van der Waals surface area contributed by atoms with Gasteiger partial charge in [-0.15, -0.1) is 0 Å². The van der Waals surface area contributed by atoms with Crippen LogP contribution in [0.25, 0.3) is 30.8 Å². The van der Waals surface area contributed by atoms with E-state index in [2.05, 4.69) is 0 Å². The van der Waals surface area contributed by atoms with Gasteiger partial charge in [-0.2, -0.15) is 0 Å². The van der Waals surface area contributed by atoms with Gasteiger partial charge in [0.15, 0.2) is 0 Å². The van der Waals surface area contributed by atoms with Gasteiger partial charge in [0, 0.05) is 28.2 Å². The molecule has 0 heterocycles. The number of carbonyl (C=O) groups is 2. The van der Waals surface area contributed by atoms with Crippen LogP contribution in [-0.4, -0.2) is 17.0 Å². The second kappa shape index (κ2) is 25.5. The van der Waals surface area contributed by atoms with Crippen LogP contribution >= 0.6 is 0 Å². The summed E-state index contributed by atoms with van der Waals surface area (Å²) in [5.41, 5.74) is -1.28. The maximum Gasteiger partial charge on any atom is 0.569 e. The molecule has 0 aromatic rings. The molecule has 1 radical (unpaired) electrons. The summed E-state index contributed by atoms with van der Waals surface area (Å²) in [6.45, 7) is 9.78. The molecule has 0 saturated carbocycles. The van der Waals surface area contributed by atoms with Crippen molar-refractivity contribution in [1.29, 1.82) is 0 Å². The van der Waals surface area contributed by atoms with E-state index in [4.69, 9.17) is 14.9 Å². The van der Waals surface area contributed by atoms with Crippen molar-refractivity contribution < 1.29 is 36.6 Å². The molecule has 13 heteroatoms. The minimum atomic E-state index is -1.01. The Bertz CT molecular complexity index is 273. The summed E-state index contributed by atoms with van der Waals surface area (Å²) in [4.78, 5) is 35.9. The molecule has 11 N–H and O–H groups in total. The topological polar surface area (TPSA) is 293 Å². The predicted molar refractivity (Wildman–Crippen MR) is 86.8 cm³/mol. The van der Waals surface area contributed by atoms with E-state index in [-0.39, 0.29) is 47.5 Å². The third-order valence-corrected chi connectivity index (χ3v) is 1.25. The number of nitrogens with two attached hydrogens (primary N) is 5. The first-order valence-electron chi connectivity index (χ1n) is 4.70. The van der Waals surface area contributed by atoms with Gasteiger partial charge in [0.05, 0.1) is 5.41 Å². The molecule has 0 aromatic heterocycles. The Balaban J connectivity index is -0.0000000170. The maximum atomic E-state index is 10.0. The fourth-order valence-electron chi connectivity index (χ4n) is 0. The number of nitrogens with zero attached hydrogens (tertiary/aromatic N) is 1. The molecular formula is C10H29CoN6O6-5. The first-order chi connectivity index (χ1) is 7.30. The number of nitroso groups, excluding NO2 is 2. The zero-order valence-electron chi connectivity index (χ0n) is 14.2. The number of carboxylic acid groups (broad SMARTS) is 2. The first kappa shape index (κ1) is 57.8. The van der Waals surface area contributed by atoms with Crippen molar-refractivity contribution >= 4 is 11.9 Å². The van der Waals surface area contributed by atoms with Crippen LogP contribution in [-0.2, 0) is 26.4 Å². The number of hydrogen-bond acceptors (Lipinski definition) is 5. The summed E-state index contributed by atoms with van der Waals surface area (Å²) < 4.78 is 0. The predicted octanol–water partition coefficient (Wildman–Crippen LogP) is 4.07. The number of aliphatic carboxylic acids is 2. The average molecular weight is 388 g/mol. The quantitative estimate of drug-likeness (QED) is 0.595. The molecular weight excluding hydrogens is 359 g/mol. The van der Waals surface area contributed by atoms with Gasteiger partial charge in [-0.25, -0.2) is 0 Å². The Hall–Kier alpha value is -1.44. The molecule has 0 amide bonds. The molecule has 0 unspecified atom stereocenters. The maximum absolute atomic E-state index is 10.0. The van der Waals surface area contributed by atoms with Crippen molar-refractivity contribution in [3.63, 3.8) is 0 Å². The zero-order chi connectivity index (χ0) is 14.9. The van der Waals surface area contributed by atoms with Crippen LogP contribution in [0.2, 0.25) is 0 Å². The molecule has 0 fully saturated rings. The van der Waals surface area contributed by atoms with Crippen LogP contribution in [0.15, 0.2) is 0 Å². The molecule has 0 aromatic carbocycles. The van der Waals surface area contributed by atoms with Crippen LogP contribution in [0, 0.1) is 20.6 Å². The zero-order valence-corrected chi connectivity index (χ0v) is 15.2. The van der Waals surface area contributed by atoms with Gasteiger partial charge in [0.25, 0.3) is 0 Å². The van der Waals surface area contributed by atoms with Crippen LogP contribution in [0.4, 0.5) is 0 Å². The van der Waals surface area contributed by atoms with E-state index < -0.39 is 22.8 Å². The van der Waals surface area contributed by atoms with Crippen molar-refractivity contribution in [3.05, 3.63) is 40.6 Å². The molecule has 0 rings (SSSR count). The van der Waals surface area contributed by atoms with Crippen molar-refractivity contribution in [3.8, 4) is 0 Å². The Morgan fingerprint density at radius 1 is 0.783 bits per heavy atom. The van der Waals surface area contributed by atoms with Gasteiger partial charge in [0.1, 0.15) is 0 Å². The minimum absolute atomic E-state index is 0. The Morgan fingerprint density at radius 3 is 0.870 bits per heavy atom. The molecule has 0 aliphatic rings. The van der Waals surface area contributed by atoms with Gasteiger partial charge in [0.2, 0.25) is 9.81 Å². The van der Waals surface area contributed by atoms with Gasteiger partial charge >= 0.3 is 11.0 Å². The second-order valence-electron chi connectivity index (χ2n) is 5.17. The van der Waals surface area contributed by atoms with Gasteiger partial charge in [-0.05, 0) is 20.8 Å². The molecule has 0 atom stereocenters. The summed E-state index contributed by atoms with van der Waals surface area (Å²) in [6, 6.07) is 0. The summed E-state index contributed by atoms with van der Waals surface area (Å²) in [5.74, 6) is -1.76. The Labute approximate surface area is 147 Å². The molecule has 0 spiro atoms. The van der Waals surface area contributed by atoms with E-state index in [1.807, 2.05) is 0 Å².